The summed E-state index contributed by atoms with van der Waals surface area (Å²) in [7, 11) is 0. The van der Waals surface area contributed by atoms with E-state index in [2.05, 4.69) is 0 Å². The van der Waals surface area contributed by atoms with Gasteiger partial charge in [0.05, 0.1) is 20.4 Å². The molecule has 0 fully saturated rings. The molecule has 0 N–H and O–H groups in total. The quantitative estimate of drug-likeness (QED) is 0.128. The summed E-state index contributed by atoms with van der Waals surface area (Å²) in [6.45, 7) is 0.125. The third kappa shape index (κ3) is 4.87. The average Bonchev–Trinajstić information content (AvgIpc) is 2.62. The molecule has 0 saturated heterocycles. The van der Waals surface area contributed by atoms with E-state index in [0.29, 0.717) is 12.8 Å². The molecule has 26 heavy (non-hydrogen) atoms. The Morgan fingerprint density at radius 1 is 0.615 bits per heavy atom. The molecule has 2 nitrogen and oxygen atoms in total. The second kappa shape index (κ2) is 9.33. The first kappa shape index (κ1) is 21.4. The lowest BCUT2D eigenvalue weighted by atomic mass is 10.3. The highest BCUT2D eigenvalue weighted by Crippen LogP contribution is 2.29. The lowest BCUT2D eigenvalue weighted by Gasteiger charge is -2.11. The lowest BCUT2D eigenvalue weighted by Crippen LogP contribution is -2.07. The van der Waals surface area contributed by atoms with Crippen molar-refractivity contribution in [3.05, 3.63) is 54.2 Å². The van der Waals surface area contributed by atoms with Crippen LogP contribution in [-0.4, -0.2) is 13.2 Å². The van der Waals surface area contributed by atoms with Crippen molar-refractivity contribution in [3.63, 3.8) is 0 Å². The first-order valence-corrected chi connectivity index (χ1v) is 9.31. The fourth-order valence-electron chi connectivity index (χ4n) is 1.88. The van der Waals surface area contributed by atoms with Gasteiger partial charge in [-0.15, -0.1) is 0 Å². The summed E-state index contributed by atoms with van der Waals surface area (Å²) in [6.07, 6.45) is 0.777. The van der Waals surface area contributed by atoms with Crippen LogP contribution in [-0.2, 0) is 0 Å². The Bertz CT molecular complexity index is 749. The molecule has 0 aromatic heterocycles. The molecule has 0 aliphatic carbocycles. The summed E-state index contributed by atoms with van der Waals surface area (Å²) >= 11 is 3.00. The predicted molar refractivity (Wildman–Crippen MR) is 98.3 cm³/mol. The third-order valence-electron chi connectivity index (χ3n) is 3.19. The number of benzene rings is 2. The van der Waals surface area contributed by atoms with Gasteiger partial charge in [-0.25, -0.2) is 26.3 Å². The molecule has 2 aromatic rings. The maximum absolute atomic E-state index is 13.4. The zero-order valence-electron chi connectivity index (χ0n) is 12.8. The van der Waals surface area contributed by atoms with Gasteiger partial charge in [0.2, 0.25) is 0 Å². The van der Waals surface area contributed by atoms with Crippen molar-refractivity contribution >= 4 is 45.2 Å². The number of ether oxygens (including phenoxy) is 2. The highest BCUT2D eigenvalue weighted by Gasteiger charge is 2.19. The largest absolute Gasteiger partial charge is 0.492 e. The summed E-state index contributed by atoms with van der Waals surface area (Å²) in [5.41, 5.74) is 0. The van der Waals surface area contributed by atoms with Crippen molar-refractivity contribution < 1.29 is 35.8 Å². The highest BCUT2D eigenvalue weighted by atomic mass is 127. The van der Waals surface area contributed by atoms with Crippen molar-refractivity contribution in [2.24, 2.45) is 0 Å². The monoisotopic (exact) mass is 602 g/mol. The van der Waals surface area contributed by atoms with Crippen molar-refractivity contribution in [1.82, 2.24) is 0 Å². The molecular formula is C16H10F6I2O2. The van der Waals surface area contributed by atoms with Crippen LogP contribution in [0.25, 0.3) is 0 Å². The van der Waals surface area contributed by atoms with E-state index in [0.717, 1.165) is 12.1 Å². The molecule has 10 heteroatoms. The van der Waals surface area contributed by atoms with E-state index >= 15 is 0 Å². The van der Waals surface area contributed by atoms with Crippen molar-refractivity contribution in [3.8, 4) is 11.5 Å². The first-order chi connectivity index (χ1) is 12.2. The third-order valence-corrected chi connectivity index (χ3v) is 5.20. The summed E-state index contributed by atoms with van der Waals surface area (Å²) in [5, 5.41) is 0. The molecule has 0 amide bonds. The van der Waals surface area contributed by atoms with E-state index < -0.39 is 34.9 Å². The molecule has 0 unspecified atom stereocenters. The predicted octanol–water partition coefficient (Wildman–Crippen LogP) is 5.97. The Morgan fingerprint density at radius 3 is 1.31 bits per heavy atom. The van der Waals surface area contributed by atoms with E-state index in [1.165, 1.54) is 45.2 Å². The van der Waals surface area contributed by atoms with Crippen LogP contribution in [0.15, 0.2) is 12.1 Å². The topological polar surface area (TPSA) is 18.5 Å². The van der Waals surface area contributed by atoms with Crippen molar-refractivity contribution in [1.29, 1.82) is 0 Å². The zero-order valence-corrected chi connectivity index (χ0v) is 17.1. The minimum Gasteiger partial charge on any atom is -0.492 e. The Morgan fingerprint density at radius 2 is 0.962 bits per heavy atom. The average molecular weight is 602 g/mol. The van der Waals surface area contributed by atoms with E-state index in [1.807, 2.05) is 0 Å². The Balaban J connectivity index is 1.82. The molecule has 0 atom stereocenters. The Hall–Kier alpha value is -0.920. The molecular weight excluding hydrogens is 592 g/mol. The summed E-state index contributed by atoms with van der Waals surface area (Å²) < 4.78 is 89.2. The zero-order chi connectivity index (χ0) is 19.4. The van der Waals surface area contributed by atoms with Crippen LogP contribution in [0.5, 0.6) is 11.5 Å². The van der Waals surface area contributed by atoms with Gasteiger partial charge in [-0.1, -0.05) is 0 Å². The van der Waals surface area contributed by atoms with Gasteiger partial charge in [0, 0.05) is 12.1 Å². The van der Waals surface area contributed by atoms with Gasteiger partial charge in [0.25, 0.3) is 0 Å². The van der Waals surface area contributed by atoms with Crippen molar-refractivity contribution in [2.75, 3.05) is 13.2 Å². The molecule has 0 aliphatic rings. The second-order valence-electron chi connectivity index (χ2n) is 5.00. The second-order valence-corrected chi connectivity index (χ2v) is 7.16. The van der Waals surface area contributed by atoms with Crippen LogP contribution in [0.1, 0.15) is 12.8 Å². The maximum Gasteiger partial charge on any atom is 0.195 e. The number of rotatable bonds is 7. The number of hydrogen-bond donors (Lipinski definition) is 0. The minimum atomic E-state index is -1.57. The fraction of sp³-hybridized carbons (Fsp3) is 0.250. The summed E-state index contributed by atoms with van der Waals surface area (Å²) in [6, 6.07) is 1.51. The molecule has 2 aromatic carbocycles. The Labute approximate surface area is 172 Å². The van der Waals surface area contributed by atoms with E-state index in [-0.39, 0.29) is 31.9 Å². The van der Waals surface area contributed by atoms with Gasteiger partial charge in [-0.2, -0.15) is 0 Å². The van der Waals surface area contributed by atoms with Gasteiger partial charge in [0.15, 0.2) is 34.9 Å². The smallest absolute Gasteiger partial charge is 0.195 e. The van der Waals surface area contributed by atoms with Gasteiger partial charge in [-0.3, -0.25) is 0 Å². The van der Waals surface area contributed by atoms with Gasteiger partial charge in [-0.05, 0) is 58.0 Å². The molecule has 142 valence electrons. The molecule has 0 radical (unpaired) electrons. The van der Waals surface area contributed by atoms with Gasteiger partial charge in [0.1, 0.15) is 11.5 Å². The molecule has 0 aliphatic heterocycles. The minimum absolute atomic E-state index is 0.0626. The maximum atomic E-state index is 13.4. The van der Waals surface area contributed by atoms with E-state index in [1.54, 1.807) is 0 Å². The fourth-order valence-corrected chi connectivity index (χ4v) is 2.98. The van der Waals surface area contributed by atoms with Gasteiger partial charge < -0.3 is 9.47 Å². The Kier molecular flexibility index (Phi) is 7.67. The van der Waals surface area contributed by atoms with E-state index in [9.17, 15) is 26.3 Å². The number of halogens is 8. The standard InChI is InChI=1S/C16H10F6I2O2/c17-7-5-9(15(23)13(21)11(7)19)25-3-1-2-4-26-10-6-8(18)12(20)14(22)16(10)24/h5-6H,1-4H2. The molecule has 2 rings (SSSR count). The number of hydrogen-bond acceptors (Lipinski definition) is 2. The van der Waals surface area contributed by atoms with E-state index in [4.69, 9.17) is 9.47 Å². The molecule has 0 saturated carbocycles. The lowest BCUT2D eigenvalue weighted by molar-refractivity contribution is 0.260. The van der Waals surface area contributed by atoms with Crippen LogP contribution in [0.4, 0.5) is 26.3 Å². The molecule has 0 bridgehead atoms. The normalized spacial score (nSPS) is 10.9. The van der Waals surface area contributed by atoms with Crippen LogP contribution in [0.2, 0.25) is 0 Å². The van der Waals surface area contributed by atoms with Crippen molar-refractivity contribution in [2.45, 2.75) is 12.8 Å². The van der Waals surface area contributed by atoms with Crippen LogP contribution >= 0.6 is 45.2 Å². The van der Waals surface area contributed by atoms with Crippen LogP contribution in [0, 0.1) is 42.0 Å². The summed E-state index contributed by atoms with van der Waals surface area (Å²) in [4.78, 5) is 0. The van der Waals surface area contributed by atoms with Crippen LogP contribution in [0.3, 0.4) is 0 Å². The molecule has 0 heterocycles. The summed E-state index contributed by atoms with van der Waals surface area (Å²) in [5.74, 6) is -8.72. The molecule has 0 spiro atoms. The SMILES string of the molecule is Fc1cc(OCCCCOc2cc(F)c(F)c(F)c2I)c(I)c(F)c1F. The van der Waals surface area contributed by atoms with Crippen LogP contribution < -0.4 is 9.47 Å². The first-order valence-electron chi connectivity index (χ1n) is 7.15. The number of unbranched alkanes of at least 4 members (excludes halogenated alkanes) is 1. The highest BCUT2D eigenvalue weighted by molar-refractivity contribution is 14.1. The van der Waals surface area contributed by atoms with Gasteiger partial charge >= 0.3 is 0 Å².